The average Bonchev–Trinajstić information content (AvgIpc) is 2.71. The molecule has 0 saturated carbocycles. The average molecular weight is 445 g/mol. The van der Waals surface area contributed by atoms with E-state index in [1.54, 1.807) is 0 Å². The summed E-state index contributed by atoms with van der Waals surface area (Å²) in [4.78, 5) is 0. The van der Waals surface area contributed by atoms with Crippen LogP contribution in [0.25, 0.3) is 0 Å². The summed E-state index contributed by atoms with van der Waals surface area (Å²) in [6, 6.07) is 0. The number of aliphatic hydroxyl groups is 6. The molecule has 0 aromatic carbocycles. The first kappa shape index (κ1) is 36.3. The van der Waals surface area contributed by atoms with Crippen LogP contribution in [0.15, 0.2) is 0 Å². The molecule has 0 aliphatic heterocycles. The molecular formula is C18H44CaO9. The van der Waals surface area contributed by atoms with Gasteiger partial charge in [0.15, 0.2) is 0 Å². The van der Waals surface area contributed by atoms with Crippen molar-refractivity contribution in [3.8, 4) is 0 Å². The van der Waals surface area contributed by atoms with E-state index in [0.29, 0.717) is 13.2 Å². The fourth-order valence-electron chi connectivity index (χ4n) is 1.61. The summed E-state index contributed by atoms with van der Waals surface area (Å²) in [5, 5.41) is 47.5. The van der Waals surface area contributed by atoms with Crippen molar-refractivity contribution in [2.24, 2.45) is 0 Å². The predicted octanol–water partition coefficient (Wildman–Crippen LogP) is -1.61. The molecule has 0 aliphatic carbocycles. The summed E-state index contributed by atoms with van der Waals surface area (Å²) >= 11 is 0. The van der Waals surface area contributed by atoms with Gasteiger partial charge in [0.05, 0.1) is 52.9 Å². The monoisotopic (exact) mass is 444 g/mol. The molecule has 0 rings (SSSR count). The van der Waals surface area contributed by atoms with Crippen molar-refractivity contribution >= 4 is 37.7 Å². The van der Waals surface area contributed by atoms with Gasteiger partial charge in [-0.05, 0) is 38.5 Å². The molecule has 0 radical (unpaired) electrons. The van der Waals surface area contributed by atoms with Gasteiger partial charge in [0, 0.05) is 26.4 Å². The van der Waals surface area contributed by atoms with E-state index < -0.39 is 0 Å². The van der Waals surface area contributed by atoms with Crippen LogP contribution in [0.2, 0.25) is 0 Å². The minimum absolute atomic E-state index is 0. The Bertz CT molecular complexity index is 191. The number of rotatable bonds is 18. The normalized spacial score (nSPS) is 9.64. The molecule has 0 aromatic rings. The molecule has 28 heavy (non-hydrogen) atoms. The molecule has 0 unspecified atom stereocenters. The summed E-state index contributed by atoms with van der Waals surface area (Å²) in [6.07, 6.45) is 6.43. The van der Waals surface area contributed by atoms with Gasteiger partial charge in [-0.2, -0.15) is 0 Å². The van der Waals surface area contributed by atoms with Crippen LogP contribution < -0.4 is 0 Å². The van der Waals surface area contributed by atoms with Crippen molar-refractivity contribution in [1.82, 2.24) is 0 Å². The molecule has 0 spiro atoms. The van der Waals surface area contributed by atoms with Gasteiger partial charge in [-0.15, -0.1) is 0 Å². The Balaban J connectivity index is -0.000000270. The molecule has 10 heteroatoms. The first-order chi connectivity index (χ1) is 13.2. The van der Waals surface area contributed by atoms with Gasteiger partial charge >= 0.3 is 37.7 Å². The fraction of sp³-hybridized carbons (Fsp3) is 1.00. The molecule has 9 nitrogen and oxygen atoms in total. The van der Waals surface area contributed by atoms with Crippen molar-refractivity contribution in [2.75, 3.05) is 79.3 Å². The minimum atomic E-state index is -0.125. The third-order valence-corrected chi connectivity index (χ3v) is 2.83. The molecule has 0 atom stereocenters. The standard InChI is InChI=1S/C14H30O5.2C2H6O2.Ca.2H/c15-7-13-18-11-5-1-3-9-17-10-4-2-6-12-19-14-8-16;2*3-1-2-4;;;/h15-16H,1-14H2;2*3-4H,1-2H2;;;. The molecule has 0 aliphatic rings. The van der Waals surface area contributed by atoms with E-state index in [9.17, 15) is 0 Å². The summed E-state index contributed by atoms with van der Waals surface area (Å²) in [5.41, 5.74) is 0. The molecular weight excluding hydrogens is 400 g/mol. The Hall–Kier alpha value is 0.900. The molecule has 172 valence electrons. The topological polar surface area (TPSA) is 149 Å². The van der Waals surface area contributed by atoms with Crippen molar-refractivity contribution in [3.05, 3.63) is 0 Å². The van der Waals surface area contributed by atoms with Gasteiger partial charge in [-0.1, -0.05) is 0 Å². The van der Waals surface area contributed by atoms with Gasteiger partial charge in [0.25, 0.3) is 0 Å². The summed E-state index contributed by atoms with van der Waals surface area (Å²) in [7, 11) is 0. The number of hydrogen-bond acceptors (Lipinski definition) is 9. The van der Waals surface area contributed by atoms with Crippen LogP contribution in [-0.2, 0) is 14.2 Å². The molecule has 0 aromatic heterocycles. The SMILES string of the molecule is OCCO.OCCO.OCCOCCCCCOCCCCCOCCO.[CaH2]. The Kier molecular flexibility index (Phi) is 54.5. The zero-order valence-corrected chi connectivity index (χ0v) is 16.6. The van der Waals surface area contributed by atoms with Gasteiger partial charge < -0.3 is 44.8 Å². The van der Waals surface area contributed by atoms with Crippen LogP contribution >= 0.6 is 0 Å². The van der Waals surface area contributed by atoms with E-state index in [1.807, 2.05) is 0 Å². The third-order valence-electron chi connectivity index (χ3n) is 2.83. The number of aliphatic hydroxyl groups excluding tert-OH is 6. The maximum absolute atomic E-state index is 8.51. The second kappa shape index (κ2) is 42.1. The van der Waals surface area contributed by atoms with Gasteiger partial charge in [0.1, 0.15) is 0 Å². The Morgan fingerprint density at radius 3 is 0.786 bits per heavy atom. The van der Waals surface area contributed by atoms with Gasteiger partial charge in [-0.3, -0.25) is 0 Å². The van der Waals surface area contributed by atoms with Crippen molar-refractivity contribution in [3.63, 3.8) is 0 Å². The van der Waals surface area contributed by atoms with Gasteiger partial charge in [-0.25, -0.2) is 0 Å². The zero-order chi connectivity index (χ0) is 20.8. The fourth-order valence-corrected chi connectivity index (χ4v) is 1.61. The van der Waals surface area contributed by atoms with E-state index in [2.05, 4.69) is 0 Å². The van der Waals surface area contributed by atoms with Crippen LogP contribution in [0.5, 0.6) is 0 Å². The maximum atomic E-state index is 8.51. The predicted molar refractivity (Wildman–Crippen MR) is 111 cm³/mol. The molecule has 0 bridgehead atoms. The number of unbranched alkanes of at least 4 members (excludes halogenated alkanes) is 4. The van der Waals surface area contributed by atoms with E-state index in [1.165, 1.54) is 0 Å². The van der Waals surface area contributed by atoms with Crippen LogP contribution in [0.3, 0.4) is 0 Å². The molecule has 0 saturated heterocycles. The zero-order valence-electron chi connectivity index (χ0n) is 16.6. The number of ether oxygens (including phenoxy) is 3. The summed E-state index contributed by atoms with van der Waals surface area (Å²) in [6.45, 7) is 3.70. The first-order valence-electron chi connectivity index (χ1n) is 9.63. The molecule has 0 heterocycles. The van der Waals surface area contributed by atoms with Crippen LogP contribution in [-0.4, -0.2) is 148 Å². The van der Waals surface area contributed by atoms with Crippen molar-refractivity contribution < 1.29 is 44.8 Å². The molecule has 0 fully saturated rings. The molecule has 0 amide bonds. The Morgan fingerprint density at radius 1 is 0.321 bits per heavy atom. The summed E-state index contributed by atoms with van der Waals surface area (Å²) < 4.78 is 15.9. The third kappa shape index (κ3) is 50.5. The van der Waals surface area contributed by atoms with E-state index in [-0.39, 0.29) is 77.4 Å². The Labute approximate surface area is 199 Å². The number of hydrogen-bond donors (Lipinski definition) is 6. The van der Waals surface area contributed by atoms with Crippen molar-refractivity contribution in [2.45, 2.75) is 38.5 Å². The quantitative estimate of drug-likeness (QED) is 0.108. The van der Waals surface area contributed by atoms with E-state index in [0.717, 1.165) is 65.0 Å². The second-order valence-electron chi connectivity index (χ2n) is 5.30. The van der Waals surface area contributed by atoms with Crippen molar-refractivity contribution in [1.29, 1.82) is 0 Å². The van der Waals surface area contributed by atoms with E-state index >= 15 is 0 Å². The summed E-state index contributed by atoms with van der Waals surface area (Å²) in [5.74, 6) is 0. The van der Waals surface area contributed by atoms with Gasteiger partial charge in [0.2, 0.25) is 0 Å². The van der Waals surface area contributed by atoms with Crippen LogP contribution in [0, 0.1) is 0 Å². The van der Waals surface area contributed by atoms with Crippen LogP contribution in [0.4, 0.5) is 0 Å². The van der Waals surface area contributed by atoms with E-state index in [4.69, 9.17) is 44.8 Å². The Morgan fingerprint density at radius 2 is 0.571 bits per heavy atom. The second-order valence-corrected chi connectivity index (χ2v) is 5.30. The molecule has 6 N–H and O–H groups in total. The first-order valence-corrected chi connectivity index (χ1v) is 9.63. The van der Waals surface area contributed by atoms with Crippen LogP contribution in [0.1, 0.15) is 38.5 Å².